The molecule has 1 aliphatic carbocycles. The van der Waals surface area contributed by atoms with Gasteiger partial charge in [-0.05, 0) is 6.04 Å². The molecule has 2 nitrogen and oxygen atoms in total. The predicted molar refractivity (Wildman–Crippen MR) is 109 cm³/mol. The summed E-state index contributed by atoms with van der Waals surface area (Å²) in [4.78, 5) is 0. The van der Waals surface area contributed by atoms with E-state index in [1.54, 1.807) is 14.2 Å². The van der Waals surface area contributed by atoms with Gasteiger partial charge in [0.15, 0.2) is 0 Å². The molecular formula is C19H36O2PtSi2. The van der Waals surface area contributed by atoms with Crippen molar-refractivity contribution >= 4 is 17.6 Å². The number of unbranched alkanes of at least 4 members (excludes halogenated alkanes) is 1. The monoisotopic (exact) mass is 547 g/mol. The molecule has 1 atom stereocenters. The first-order valence-corrected chi connectivity index (χ1v) is 11.5. The number of rotatable bonds is 11. The van der Waals surface area contributed by atoms with Gasteiger partial charge >= 0.3 is 21.1 Å². The van der Waals surface area contributed by atoms with Crippen LogP contribution in [0.1, 0.15) is 19.3 Å². The van der Waals surface area contributed by atoms with Crippen molar-refractivity contribution in [2.24, 2.45) is 0 Å². The van der Waals surface area contributed by atoms with E-state index in [9.17, 15) is 0 Å². The summed E-state index contributed by atoms with van der Waals surface area (Å²) < 4.78 is 10.5. The maximum Gasteiger partial charge on any atom is 4.00 e. The summed E-state index contributed by atoms with van der Waals surface area (Å²) in [7, 11) is 2.80. The van der Waals surface area contributed by atoms with E-state index in [-0.39, 0.29) is 49.3 Å². The van der Waals surface area contributed by atoms with Crippen LogP contribution >= 0.6 is 0 Å². The van der Waals surface area contributed by atoms with Crippen molar-refractivity contribution in [1.82, 2.24) is 0 Å². The van der Waals surface area contributed by atoms with Crippen LogP contribution in [0.15, 0.2) is 30.0 Å². The Hall–Kier alpha value is 0.262. The fraction of sp³-hybridized carbons (Fsp3) is 0.526. The molecule has 0 amide bonds. The van der Waals surface area contributed by atoms with Crippen LogP contribution in [0.3, 0.4) is 0 Å². The first-order chi connectivity index (χ1) is 9.66. The van der Waals surface area contributed by atoms with Gasteiger partial charge in [0.25, 0.3) is 0 Å². The van der Waals surface area contributed by atoms with Gasteiger partial charge in [-0.2, -0.15) is 6.08 Å². The van der Waals surface area contributed by atoms with E-state index >= 15 is 0 Å². The van der Waals surface area contributed by atoms with Gasteiger partial charge in [-0.25, -0.2) is 11.3 Å². The van der Waals surface area contributed by atoms with E-state index in [4.69, 9.17) is 9.47 Å². The third-order valence-electron chi connectivity index (χ3n) is 3.83. The Kier molecular flexibility index (Phi) is 24.1. The maximum atomic E-state index is 5.23. The van der Waals surface area contributed by atoms with Crippen LogP contribution in [0.4, 0.5) is 0 Å². The molecule has 0 bridgehead atoms. The van der Waals surface area contributed by atoms with E-state index < -0.39 is 8.07 Å². The van der Waals surface area contributed by atoms with Crippen molar-refractivity contribution in [1.29, 1.82) is 0 Å². The topological polar surface area (TPSA) is 18.5 Å². The van der Waals surface area contributed by atoms with E-state index in [0.29, 0.717) is 0 Å². The van der Waals surface area contributed by atoms with Gasteiger partial charge < -0.3 is 31.8 Å². The molecule has 0 saturated heterocycles. The van der Waals surface area contributed by atoms with E-state index in [1.165, 1.54) is 36.2 Å². The molecule has 1 aliphatic rings. The molecule has 0 N–H and O–H groups in total. The van der Waals surface area contributed by atoms with Crippen molar-refractivity contribution in [3.05, 3.63) is 58.4 Å². The third-order valence-corrected chi connectivity index (χ3v) is 9.57. The largest absolute Gasteiger partial charge is 4.00 e. The van der Waals surface area contributed by atoms with Gasteiger partial charge in [0.2, 0.25) is 0 Å². The third kappa shape index (κ3) is 11.0. The second-order valence-electron chi connectivity index (χ2n) is 5.46. The Balaban J connectivity index is -0.000000500. The summed E-state index contributed by atoms with van der Waals surface area (Å²) in [5.41, 5.74) is 0. The van der Waals surface area contributed by atoms with Crippen LogP contribution < -0.4 is 0 Å². The van der Waals surface area contributed by atoms with Crippen LogP contribution in [0.2, 0.25) is 24.7 Å². The molecule has 0 saturated carbocycles. The van der Waals surface area contributed by atoms with Crippen molar-refractivity contribution in [3.8, 4) is 0 Å². The molecule has 0 aromatic heterocycles. The summed E-state index contributed by atoms with van der Waals surface area (Å²) in [6.07, 6.45) is 13.7. The van der Waals surface area contributed by atoms with E-state index in [2.05, 4.69) is 37.4 Å². The molecule has 2 radical (unpaired) electrons. The molecule has 1 rings (SSSR count). The molecule has 0 aliphatic heterocycles. The Morgan fingerprint density at radius 2 is 1.92 bits per heavy atom. The van der Waals surface area contributed by atoms with Crippen molar-refractivity contribution in [3.63, 3.8) is 0 Å². The van der Waals surface area contributed by atoms with Gasteiger partial charge in [-0.1, -0.05) is 37.6 Å². The molecule has 0 fully saturated rings. The molecule has 0 aromatic rings. The molecule has 142 valence electrons. The van der Waals surface area contributed by atoms with Crippen molar-refractivity contribution in [2.75, 3.05) is 14.2 Å². The van der Waals surface area contributed by atoms with Crippen molar-refractivity contribution < 1.29 is 30.5 Å². The minimum atomic E-state index is -1.37. The molecule has 1 unspecified atom stereocenters. The summed E-state index contributed by atoms with van der Waals surface area (Å²) in [6.45, 7) is 6.42. The molecule has 0 aromatic carbocycles. The van der Waals surface area contributed by atoms with Gasteiger partial charge in [0.05, 0.1) is 0 Å². The first kappa shape index (κ1) is 32.0. The van der Waals surface area contributed by atoms with Crippen molar-refractivity contribution in [2.45, 2.75) is 49.9 Å². The molecule has 5 heteroatoms. The Bertz CT molecular complexity index is 355. The minimum Gasteiger partial charge on any atom is -0.360 e. The van der Waals surface area contributed by atoms with Crippen LogP contribution in [0.5, 0.6) is 0 Å². The molecule has 24 heavy (non-hydrogen) atoms. The fourth-order valence-electron chi connectivity index (χ4n) is 2.61. The maximum absolute atomic E-state index is 5.23. The van der Waals surface area contributed by atoms with Crippen LogP contribution in [0, 0.1) is 28.4 Å². The zero-order chi connectivity index (χ0) is 14.8. The van der Waals surface area contributed by atoms with E-state index in [1.807, 2.05) is 0 Å². The first-order valence-electron chi connectivity index (χ1n) is 7.34. The van der Waals surface area contributed by atoms with Gasteiger partial charge in [0.1, 0.15) is 15.4 Å². The zero-order valence-corrected chi connectivity index (χ0v) is 20.7. The predicted octanol–water partition coefficient (Wildman–Crippen LogP) is 5.31. The Morgan fingerprint density at radius 1 is 1.29 bits per heavy atom. The quantitative estimate of drug-likeness (QED) is 0.115. The second kappa shape index (κ2) is 18.1. The SMILES string of the molecule is C=CC[Si](C)(CCCC[Si]C(OC)OC)C1=[C-]CC=C1.[CH3-].[CH3-].[CH3-].[Pt+4]. The molecule has 0 spiro atoms. The van der Waals surface area contributed by atoms with Crippen LogP contribution in [-0.4, -0.2) is 37.7 Å². The smallest absolute Gasteiger partial charge is 0.360 e. The van der Waals surface area contributed by atoms with Crippen LogP contribution in [0.25, 0.3) is 0 Å². The number of methoxy groups -OCH3 is 2. The Morgan fingerprint density at radius 3 is 2.38 bits per heavy atom. The standard InChI is InChI=1S/C16H27O2Si2.3CH3.Pt/c1-5-13-20(4,15-10-6-7-11-15)14-9-8-12-19-16(17-2)18-3;;;;/h5-6,10,16H,1,7-9,12-14H2,2-4H3;3*1H3;/q4*-1;+4. The molecular weight excluding hydrogens is 511 g/mol. The van der Waals surface area contributed by atoms with Gasteiger partial charge in [-0.15, -0.1) is 13.0 Å². The Labute approximate surface area is 170 Å². The number of hydrogen-bond donors (Lipinski definition) is 0. The normalized spacial score (nSPS) is 14.4. The second-order valence-corrected chi connectivity index (χ2v) is 11.4. The number of allylic oxidation sites excluding steroid dienone is 5. The summed E-state index contributed by atoms with van der Waals surface area (Å²) in [6, 6.07) is 3.70. The zero-order valence-electron chi connectivity index (χ0n) is 16.4. The minimum absolute atomic E-state index is 0. The van der Waals surface area contributed by atoms with Gasteiger partial charge in [0, 0.05) is 22.3 Å². The number of hydrogen-bond acceptors (Lipinski definition) is 2. The summed E-state index contributed by atoms with van der Waals surface area (Å²) in [5, 5.41) is 1.51. The average Bonchev–Trinajstić information content (AvgIpc) is 2.98. The van der Waals surface area contributed by atoms with Crippen LogP contribution in [-0.2, 0) is 30.5 Å². The fourth-order valence-corrected chi connectivity index (χ4v) is 7.04. The van der Waals surface area contributed by atoms with E-state index in [0.717, 1.165) is 15.9 Å². The number of ether oxygens (including phenoxy) is 2. The average molecular weight is 548 g/mol. The summed E-state index contributed by atoms with van der Waals surface area (Å²) >= 11 is 0. The molecule has 0 heterocycles. The summed E-state index contributed by atoms with van der Waals surface area (Å²) in [5.74, 6) is -0.0133. The van der Waals surface area contributed by atoms with Gasteiger partial charge in [-0.3, -0.25) is 6.08 Å².